The van der Waals surface area contributed by atoms with E-state index in [9.17, 15) is 9.59 Å². The molecule has 0 aliphatic rings. The summed E-state index contributed by atoms with van der Waals surface area (Å²) < 4.78 is 16.1. The van der Waals surface area contributed by atoms with Crippen molar-refractivity contribution < 1.29 is 23.8 Å². The molecule has 0 aliphatic carbocycles. The van der Waals surface area contributed by atoms with E-state index in [2.05, 4.69) is 0 Å². The van der Waals surface area contributed by atoms with Gasteiger partial charge in [0.1, 0.15) is 12.7 Å². The zero-order valence-electron chi connectivity index (χ0n) is 14.4. The summed E-state index contributed by atoms with van der Waals surface area (Å²) in [4.78, 5) is 23.8. The first kappa shape index (κ1) is 18.7. The average Bonchev–Trinajstić information content (AvgIpc) is 2.65. The minimum absolute atomic E-state index is 0.132. The molecule has 0 fully saturated rings. The van der Waals surface area contributed by atoms with Crippen LogP contribution in [-0.2, 0) is 14.2 Å². The molecule has 0 bridgehead atoms. The Morgan fingerprint density at radius 2 is 1.28 bits per heavy atom. The Bertz CT molecular complexity index is 669. The van der Waals surface area contributed by atoms with Crippen molar-refractivity contribution in [1.29, 1.82) is 0 Å². The number of esters is 2. The lowest BCUT2D eigenvalue weighted by molar-refractivity contribution is -0.0379. The summed E-state index contributed by atoms with van der Waals surface area (Å²) >= 11 is 0. The first-order chi connectivity index (χ1) is 12.1. The van der Waals surface area contributed by atoms with Crippen LogP contribution in [0.3, 0.4) is 0 Å². The summed E-state index contributed by atoms with van der Waals surface area (Å²) in [5.74, 6) is -0.778. The van der Waals surface area contributed by atoms with Crippen molar-refractivity contribution in [2.24, 2.45) is 0 Å². The first-order valence-corrected chi connectivity index (χ1v) is 8.16. The predicted molar refractivity (Wildman–Crippen MR) is 93.5 cm³/mol. The van der Waals surface area contributed by atoms with E-state index in [-0.39, 0.29) is 31.3 Å². The highest BCUT2D eigenvalue weighted by atomic mass is 16.6. The minimum atomic E-state index is -0.403. The van der Waals surface area contributed by atoms with Gasteiger partial charge in [-0.1, -0.05) is 36.4 Å². The van der Waals surface area contributed by atoms with Crippen LogP contribution in [0.4, 0.5) is 0 Å². The molecule has 5 nitrogen and oxygen atoms in total. The Labute approximate surface area is 147 Å². The molecule has 0 saturated heterocycles. The molecule has 0 amide bonds. The second-order valence-electron chi connectivity index (χ2n) is 5.69. The van der Waals surface area contributed by atoms with Gasteiger partial charge in [-0.3, -0.25) is 0 Å². The van der Waals surface area contributed by atoms with E-state index in [1.54, 1.807) is 62.4 Å². The zero-order chi connectivity index (χ0) is 18.1. The predicted octanol–water partition coefficient (Wildman–Crippen LogP) is 3.49. The molecular formula is C20H22O5. The number of hydrogen-bond acceptors (Lipinski definition) is 5. The molecule has 0 radical (unpaired) electrons. The molecule has 5 heteroatoms. The van der Waals surface area contributed by atoms with Crippen molar-refractivity contribution in [3.8, 4) is 0 Å². The number of hydrogen-bond donors (Lipinski definition) is 0. The molecule has 25 heavy (non-hydrogen) atoms. The van der Waals surface area contributed by atoms with Gasteiger partial charge in [0.05, 0.1) is 23.8 Å². The Balaban J connectivity index is 1.68. The SMILES string of the molecule is C[C@@H](COC(=O)c1ccccc1)OC[C@H](C)OC(=O)c1ccccc1. The summed E-state index contributed by atoms with van der Waals surface area (Å²) in [6.45, 7) is 3.91. The summed E-state index contributed by atoms with van der Waals surface area (Å²) in [6.07, 6.45) is -0.703. The number of carbonyl (C=O) groups is 2. The Kier molecular flexibility index (Phi) is 7.16. The molecule has 2 atom stereocenters. The van der Waals surface area contributed by atoms with Crippen LogP contribution in [-0.4, -0.2) is 37.4 Å². The van der Waals surface area contributed by atoms with Crippen molar-refractivity contribution in [2.45, 2.75) is 26.1 Å². The maximum atomic E-state index is 11.9. The molecule has 2 aromatic rings. The standard InChI is InChI=1S/C20H22O5/c1-15(13-24-19(21)17-9-5-3-6-10-17)23-14-16(2)25-20(22)18-11-7-4-8-12-18/h3-12,15-16H,13-14H2,1-2H3/t15-,16-/m0/s1. The lowest BCUT2D eigenvalue weighted by Crippen LogP contribution is -2.26. The average molecular weight is 342 g/mol. The van der Waals surface area contributed by atoms with Crippen LogP contribution in [0.25, 0.3) is 0 Å². The third kappa shape index (κ3) is 6.39. The second kappa shape index (κ2) is 9.59. The normalized spacial score (nSPS) is 12.9. The van der Waals surface area contributed by atoms with Crippen LogP contribution in [0.1, 0.15) is 34.6 Å². The largest absolute Gasteiger partial charge is 0.459 e. The monoisotopic (exact) mass is 342 g/mol. The van der Waals surface area contributed by atoms with Gasteiger partial charge < -0.3 is 14.2 Å². The Hall–Kier alpha value is -2.66. The van der Waals surface area contributed by atoms with Gasteiger partial charge in [0.2, 0.25) is 0 Å². The maximum absolute atomic E-state index is 11.9. The number of carbonyl (C=O) groups excluding carboxylic acids is 2. The Morgan fingerprint density at radius 1 is 0.760 bits per heavy atom. The van der Waals surface area contributed by atoms with Crippen LogP contribution in [0.5, 0.6) is 0 Å². The Morgan fingerprint density at radius 3 is 1.84 bits per heavy atom. The summed E-state index contributed by atoms with van der Waals surface area (Å²) in [5, 5.41) is 0. The van der Waals surface area contributed by atoms with Crippen LogP contribution < -0.4 is 0 Å². The van der Waals surface area contributed by atoms with Gasteiger partial charge in [0.25, 0.3) is 0 Å². The molecular weight excluding hydrogens is 320 g/mol. The first-order valence-electron chi connectivity index (χ1n) is 8.16. The number of rotatable bonds is 8. The number of ether oxygens (including phenoxy) is 3. The molecule has 0 aliphatic heterocycles. The molecule has 0 spiro atoms. The lowest BCUT2D eigenvalue weighted by Gasteiger charge is -2.17. The smallest absolute Gasteiger partial charge is 0.338 e. The topological polar surface area (TPSA) is 61.8 Å². The van der Waals surface area contributed by atoms with Gasteiger partial charge in [-0.25, -0.2) is 9.59 Å². The maximum Gasteiger partial charge on any atom is 0.338 e. The molecule has 0 saturated carbocycles. The molecule has 0 unspecified atom stereocenters. The zero-order valence-corrected chi connectivity index (χ0v) is 14.4. The molecule has 0 N–H and O–H groups in total. The van der Waals surface area contributed by atoms with Crippen molar-refractivity contribution in [3.63, 3.8) is 0 Å². The molecule has 132 valence electrons. The lowest BCUT2D eigenvalue weighted by atomic mass is 10.2. The van der Waals surface area contributed by atoms with E-state index in [1.165, 1.54) is 0 Å². The highest BCUT2D eigenvalue weighted by Crippen LogP contribution is 2.06. The molecule has 0 heterocycles. The third-order valence-corrected chi connectivity index (χ3v) is 3.39. The fourth-order valence-corrected chi connectivity index (χ4v) is 2.06. The van der Waals surface area contributed by atoms with Crippen LogP contribution >= 0.6 is 0 Å². The number of benzene rings is 2. The third-order valence-electron chi connectivity index (χ3n) is 3.39. The van der Waals surface area contributed by atoms with Gasteiger partial charge in [-0.15, -0.1) is 0 Å². The van der Waals surface area contributed by atoms with Crippen LogP contribution in [0, 0.1) is 0 Å². The summed E-state index contributed by atoms with van der Waals surface area (Å²) in [7, 11) is 0. The highest BCUT2D eigenvalue weighted by Gasteiger charge is 2.14. The second-order valence-corrected chi connectivity index (χ2v) is 5.69. The summed E-state index contributed by atoms with van der Waals surface area (Å²) in [6, 6.07) is 17.6. The van der Waals surface area contributed by atoms with E-state index < -0.39 is 6.10 Å². The van der Waals surface area contributed by atoms with Crippen molar-refractivity contribution in [2.75, 3.05) is 13.2 Å². The van der Waals surface area contributed by atoms with Gasteiger partial charge in [-0.2, -0.15) is 0 Å². The molecule has 2 aromatic carbocycles. The van der Waals surface area contributed by atoms with E-state index >= 15 is 0 Å². The van der Waals surface area contributed by atoms with Crippen molar-refractivity contribution in [3.05, 3.63) is 71.8 Å². The quantitative estimate of drug-likeness (QED) is 0.687. The van der Waals surface area contributed by atoms with Gasteiger partial charge in [-0.05, 0) is 38.1 Å². The minimum Gasteiger partial charge on any atom is -0.459 e. The summed E-state index contributed by atoms with van der Waals surface area (Å²) in [5.41, 5.74) is 0.999. The highest BCUT2D eigenvalue weighted by molar-refractivity contribution is 5.89. The fraction of sp³-hybridized carbons (Fsp3) is 0.300. The van der Waals surface area contributed by atoms with Gasteiger partial charge in [0.15, 0.2) is 0 Å². The molecule has 0 aromatic heterocycles. The van der Waals surface area contributed by atoms with E-state index in [4.69, 9.17) is 14.2 Å². The van der Waals surface area contributed by atoms with Crippen molar-refractivity contribution >= 4 is 11.9 Å². The van der Waals surface area contributed by atoms with Crippen LogP contribution in [0.15, 0.2) is 60.7 Å². The van der Waals surface area contributed by atoms with Gasteiger partial charge >= 0.3 is 11.9 Å². The van der Waals surface area contributed by atoms with Crippen LogP contribution in [0.2, 0.25) is 0 Å². The molecule has 2 rings (SSSR count). The van der Waals surface area contributed by atoms with E-state index in [1.807, 2.05) is 12.1 Å². The fourth-order valence-electron chi connectivity index (χ4n) is 2.06. The van der Waals surface area contributed by atoms with Crippen molar-refractivity contribution in [1.82, 2.24) is 0 Å². The van der Waals surface area contributed by atoms with E-state index in [0.29, 0.717) is 11.1 Å². The van der Waals surface area contributed by atoms with Gasteiger partial charge in [0, 0.05) is 0 Å². The van der Waals surface area contributed by atoms with E-state index in [0.717, 1.165) is 0 Å².